The first kappa shape index (κ1) is 13.6. The van der Waals surface area contributed by atoms with Crippen LogP contribution in [0.15, 0.2) is 22.8 Å². The zero-order valence-corrected chi connectivity index (χ0v) is 12.0. The summed E-state index contributed by atoms with van der Waals surface area (Å²) < 4.78 is 2.17. The standard InChI is InChI=1S/C11H12BrN5O2/c1-6-3-8(12)11(4-10(6)17(18)19)16-5-9(7(2)13)14-15-16/h3-5,7H,13H2,1-2H3. The molecule has 1 unspecified atom stereocenters. The molecule has 0 amide bonds. The number of hydrogen-bond donors (Lipinski definition) is 1. The first-order valence-electron chi connectivity index (χ1n) is 5.53. The summed E-state index contributed by atoms with van der Waals surface area (Å²) in [6, 6.07) is 2.90. The molecule has 0 saturated heterocycles. The highest BCUT2D eigenvalue weighted by Crippen LogP contribution is 2.29. The Morgan fingerprint density at radius 2 is 2.21 bits per heavy atom. The summed E-state index contributed by atoms with van der Waals surface area (Å²) in [7, 11) is 0. The van der Waals surface area contributed by atoms with Gasteiger partial charge in [0.15, 0.2) is 0 Å². The maximum atomic E-state index is 11.0. The van der Waals surface area contributed by atoms with E-state index in [1.807, 2.05) is 0 Å². The Morgan fingerprint density at radius 1 is 1.53 bits per heavy atom. The molecular weight excluding hydrogens is 314 g/mol. The zero-order chi connectivity index (χ0) is 14.2. The molecule has 0 spiro atoms. The molecule has 0 aliphatic heterocycles. The SMILES string of the molecule is Cc1cc(Br)c(-n2cc(C(C)N)nn2)cc1[N+](=O)[O-]. The van der Waals surface area contributed by atoms with Crippen LogP contribution in [0.5, 0.6) is 0 Å². The van der Waals surface area contributed by atoms with Crippen LogP contribution in [0.1, 0.15) is 24.2 Å². The average molecular weight is 326 g/mol. The molecule has 1 heterocycles. The predicted octanol–water partition coefficient (Wildman–Crippen LogP) is 2.27. The van der Waals surface area contributed by atoms with E-state index in [-0.39, 0.29) is 11.7 Å². The molecule has 0 aliphatic rings. The van der Waals surface area contributed by atoms with E-state index in [4.69, 9.17) is 5.73 Å². The fraction of sp³-hybridized carbons (Fsp3) is 0.273. The summed E-state index contributed by atoms with van der Waals surface area (Å²) in [6.45, 7) is 3.47. The number of aromatic nitrogens is 3. The van der Waals surface area contributed by atoms with E-state index in [0.29, 0.717) is 21.4 Å². The second-order valence-electron chi connectivity index (χ2n) is 4.22. The number of nitrogens with two attached hydrogens (primary N) is 1. The lowest BCUT2D eigenvalue weighted by Gasteiger charge is -2.05. The number of hydrogen-bond acceptors (Lipinski definition) is 5. The summed E-state index contributed by atoms with van der Waals surface area (Å²) in [5.41, 5.74) is 7.50. The van der Waals surface area contributed by atoms with Crippen molar-refractivity contribution < 1.29 is 4.92 Å². The molecule has 100 valence electrons. The van der Waals surface area contributed by atoms with Gasteiger partial charge in [-0.3, -0.25) is 10.1 Å². The highest BCUT2D eigenvalue weighted by Gasteiger charge is 2.17. The summed E-state index contributed by atoms with van der Waals surface area (Å²) in [6.07, 6.45) is 1.66. The molecule has 0 fully saturated rings. The van der Waals surface area contributed by atoms with E-state index >= 15 is 0 Å². The van der Waals surface area contributed by atoms with Crippen LogP contribution in [0.3, 0.4) is 0 Å². The minimum absolute atomic E-state index is 0.0380. The van der Waals surface area contributed by atoms with Crippen molar-refractivity contribution in [2.75, 3.05) is 0 Å². The van der Waals surface area contributed by atoms with Gasteiger partial charge in [0.05, 0.1) is 22.5 Å². The van der Waals surface area contributed by atoms with Gasteiger partial charge in [-0.2, -0.15) is 0 Å². The largest absolute Gasteiger partial charge is 0.323 e. The molecule has 0 saturated carbocycles. The Kier molecular flexibility index (Phi) is 3.63. The van der Waals surface area contributed by atoms with Crippen LogP contribution < -0.4 is 5.73 Å². The smallest absolute Gasteiger partial charge is 0.274 e. The number of benzene rings is 1. The van der Waals surface area contributed by atoms with Crippen LogP contribution in [0.25, 0.3) is 5.69 Å². The lowest BCUT2D eigenvalue weighted by molar-refractivity contribution is -0.385. The lowest BCUT2D eigenvalue weighted by atomic mass is 10.2. The molecule has 1 aromatic carbocycles. The van der Waals surface area contributed by atoms with Crippen LogP contribution in [0, 0.1) is 17.0 Å². The number of halogens is 1. The van der Waals surface area contributed by atoms with Gasteiger partial charge in [-0.15, -0.1) is 5.10 Å². The van der Waals surface area contributed by atoms with E-state index in [2.05, 4.69) is 26.2 Å². The third-order valence-electron chi connectivity index (χ3n) is 2.69. The molecule has 2 aromatic rings. The van der Waals surface area contributed by atoms with Gasteiger partial charge < -0.3 is 5.73 Å². The van der Waals surface area contributed by atoms with Crippen LogP contribution in [0.4, 0.5) is 5.69 Å². The summed E-state index contributed by atoms with van der Waals surface area (Å²) in [5.74, 6) is 0. The molecule has 0 bridgehead atoms. The molecule has 0 aliphatic carbocycles. The van der Waals surface area contributed by atoms with Crippen molar-refractivity contribution in [2.45, 2.75) is 19.9 Å². The lowest BCUT2D eigenvalue weighted by Crippen LogP contribution is -2.05. The van der Waals surface area contributed by atoms with E-state index in [0.717, 1.165) is 0 Å². The van der Waals surface area contributed by atoms with Crippen molar-refractivity contribution >= 4 is 21.6 Å². The molecule has 8 heteroatoms. The number of nitrogens with zero attached hydrogens (tertiary/aromatic N) is 4. The monoisotopic (exact) mass is 325 g/mol. The third-order valence-corrected chi connectivity index (χ3v) is 3.32. The van der Waals surface area contributed by atoms with Crippen molar-refractivity contribution in [1.82, 2.24) is 15.0 Å². The Balaban J connectivity index is 2.54. The van der Waals surface area contributed by atoms with Crippen LogP contribution in [-0.2, 0) is 0 Å². The van der Waals surface area contributed by atoms with Crippen molar-refractivity contribution in [3.63, 3.8) is 0 Å². The van der Waals surface area contributed by atoms with Gasteiger partial charge in [0.25, 0.3) is 5.69 Å². The van der Waals surface area contributed by atoms with Crippen molar-refractivity contribution in [3.8, 4) is 5.69 Å². The third kappa shape index (κ3) is 2.64. The summed E-state index contributed by atoms with van der Waals surface area (Å²) in [4.78, 5) is 10.5. The molecule has 2 rings (SSSR count). The normalized spacial score (nSPS) is 12.4. The van der Waals surface area contributed by atoms with Crippen molar-refractivity contribution in [3.05, 3.63) is 44.2 Å². The van der Waals surface area contributed by atoms with Crippen LogP contribution in [0.2, 0.25) is 0 Å². The van der Waals surface area contributed by atoms with Gasteiger partial charge in [0, 0.05) is 22.1 Å². The second-order valence-corrected chi connectivity index (χ2v) is 5.08. The van der Waals surface area contributed by atoms with Gasteiger partial charge >= 0.3 is 0 Å². The topological polar surface area (TPSA) is 99.9 Å². The quantitative estimate of drug-likeness (QED) is 0.689. The first-order valence-corrected chi connectivity index (χ1v) is 6.32. The highest BCUT2D eigenvalue weighted by molar-refractivity contribution is 9.10. The number of aryl methyl sites for hydroxylation is 1. The van der Waals surface area contributed by atoms with E-state index in [9.17, 15) is 10.1 Å². The Hall–Kier alpha value is -1.80. The average Bonchev–Trinajstić information content (AvgIpc) is 2.77. The van der Waals surface area contributed by atoms with Gasteiger partial charge in [0.2, 0.25) is 0 Å². The number of nitro benzene ring substituents is 1. The first-order chi connectivity index (χ1) is 8.90. The fourth-order valence-electron chi connectivity index (χ4n) is 1.63. The van der Waals surface area contributed by atoms with Crippen molar-refractivity contribution in [1.29, 1.82) is 0 Å². The molecule has 7 nitrogen and oxygen atoms in total. The Labute approximate surface area is 117 Å². The Morgan fingerprint density at radius 3 is 2.74 bits per heavy atom. The van der Waals surface area contributed by atoms with Crippen LogP contribution >= 0.6 is 15.9 Å². The molecule has 1 atom stereocenters. The molecular formula is C11H12BrN5O2. The van der Waals surface area contributed by atoms with Crippen molar-refractivity contribution in [2.24, 2.45) is 5.73 Å². The summed E-state index contributed by atoms with van der Waals surface area (Å²) >= 11 is 3.37. The molecule has 0 radical (unpaired) electrons. The molecule has 2 N–H and O–H groups in total. The van der Waals surface area contributed by atoms with Gasteiger partial charge in [0.1, 0.15) is 0 Å². The molecule has 1 aromatic heterocycles. The van der Waals surface area contributed by atoms with E-state index in [1.54, 1.807) is 26.1 Å². The van der Waals surface area contributed by atoms with Gasteiger partial charge in [-0.25, -0.2) is 4.68 Å². The highest BCUT2D eigenvalue weighted by atomic mass is 79.9. The number of nitro groups is 1. The van der Waals surface area contributed by atoms with E-state index < -0.39 is 4.92 Å². The second kappa shape index (κ2) is 5.06. The van der Waals surface area contributed by atoms with Crippen LogP contribution in [-0.4, -0.2) is 19.9 Å². The zero-order valence-electron chi connectivity index (χ0n) is 10.4. The maximum Gasteiger partial charge on any atom is 0.274 e. The Bertz CT molecular complexity index is 638. The van der Waals surface area contributed by atoms with E-state index in [1.165, 1.54) is 10.7 Å². The number of rotatable bonds is 3. The minimum Gasteiger partial charge on any atom is -0.323 e. The molecule has 19 heavy (non-hydrogen) atoms. The minimum atomic E-state index is -0.422. The fourth-order valence-corrected chi connectivity index (χ4v) is 2.27. The van der Waals surface area contributed by atoms with Gasteiger partial charge in [-0.1, -0.05) is 5.21 Å². The van der Waals surface area contributed by atoms with Gasteiger partial charge in [-0.05, 0) is 35.8 Å². The summed E-state index contributed by atoms with van der Waals surface area (Å²) in [5, 5.41) is 18.8. The maximum absolute atomic E-state index is 11.0. The predicted molar refractivity (Wildman–Crippen MR) is 73.1 cm³/mol.